The molecule has 3 rings (SSSR count). The highest BCUT2D eigenvalue weighted by molar-refractivity contribution is 5.93. The molecule has 0 radical (unpaired) electrons. The van der Waals surface area contributed by atoms with E-state index in [1.807, 2.05) is 6.92 Å². The van der Waals surface area contributed by atoms with Crippen molar-refractivity contribution in [3.63, 3.8) is 0 Å². The van der Waals surface area contributed by atoms with Crippen LogP contribution >= 0.6 is 0 Å². The normalized spacial score (nSPS) is 20.9. The van der Waals surface area contributed by atoms with Gasteiger partial charge >= 0.3 is 6.09 Å². The van der Waals surface area contributed by atoms with E-state index in [2.05, 4.69) is 0 Å². The van der Waals surface area contributed by atoms with Crippen LogP contribution < -0.4 is 10.2 Å². The minimum atomic E-state index is -0.600. The highest BCUT2D eigenvalue weighted by atomic mass is 16.6. The van der Waals surface area contributed by atoms with Gasteiger partial charge in [0.1, 0.15) is 18.5 Å². The Morgan fingerprint density at radius 2 is 2.04 bits per heavy atom. The van der Waals surface area contributed by atoms with Crippen molar-refractivity contribution in [2.24, 2.45) is 0 Å². The Bertz CT molecular complexity index is 642. The molecular formula is C18H24N2O5. The number of carbonyl (C=O) groups excluding carboxylic acids is 2. The van der Waals surface area contributed by atoms with Crippen molar-refractivity contribution in [3.8, 4) is 5.75 Å². The summed E-state index contributed by atoms with van der Waals surface area (Å²) < 4.78 is 11.4. The van der Waals surface area contributed by atoms with Crippen LogP contribution in [0.1, 0.15) is 54.9 Å². The summed E-state index contributed by atoms with van der Waals surface area (Å²) in [6.07, 6.45) is 4.98. The molecule has 1 fully saturated rings. The zero-order valence-corrected chi connectivity index (χ0v) is 14.4. The first kappa shape index (κ1) is 17.5. The molecule has 25 heavy (non-hydrogen) atoms. The van der Waals surface area contributed by atoms with Crippen LogP contribution in [0.2, 0.25) is 0 Å². The van der Waals surface area contributed by atoms with Crippen molar-refractivity contribution in [3.05, 3.63) is 29.3 Å². The zero-order valence-electron chi connectivity index (χ0n) is 14.4. The number of hydrogen-bond acceptors (Lipinski definition) is 5. The Hall–Kier alpha value is -2.28. The third-order valence-corrected chi connectivity index (χ3v) is 4.84. The van der Waals surface area contributed by atoms with Crippen molar-refractivity contribution >= 4 is 12.0 Å². The molecule has 0 bridgehead atoms. The maximum absolute atomic E-state index is 12.6. The lowest BCUT2D eigenvalue weighted by Crippen LogP contribution is -2.41. The topological polar surface area (TPSA) is 88.1 Å². The second-order valence-electron chi connectivity index (χ2n) is 6.70. The van der Waals surface area contributed by atoms with Gasteiger partial charge in [-0.25, -0.2) is 10.3 Å². The quantitative estimate of drug-likeness (QED) is 0.634. The average Bonchev–Trinajstić information content (AvgIpc) is 2.80. The molecule has 1 aromatic rings. The molecular weight excluding hydrogens is 324 g/mol. The molecule has 1 aliphatic carbocycles. The number of nitrogens with one attached hydrogen (secondary N) is 1. The number of nitrogens with zero attached hydrogens (tertiary/aromatic N) is 1. The fourth-order valence-corrected chi connectivity index (χ4v) is 3.30. The van der Waals surface area contributed by atoms with Gasteiger partial charge in [0.15, 0.2) is 0 Å². The molecule has 2 N–H and O–H groups in total. The third-order valence-electron chi connectivity index (χ3n) is 4.84. The van der Waals surface area contributed by atoms with E-state index < -0.39 is 5.91 Å². The Morgan fingerprint density at radius 3 is 2.76 bits per heavy atom. The number of amides is 2. The minimum absolute atomic E-state index is 0.00715. The third kappa shape index (κ3) is 4.04. The lowest BCUT2D eigenvalue weighted by atomic mass is 9.98. The summed E-state index contributed by atoms with van der Waals surface area (Å²) in [6, 6.07) is 4.76. The second kappa shape index (κ2) is 7.74. The molecule has 1 atom stereocenters. The molecule has 0 spiro atoms. The number of rotatable bonds is 2. The van der Waals surface area contributed by atoms with E-state index in [0.717, 1.165) is 31.2 Å². The van der Waals surface area contributed by atoms with Gasteiger partial charge in [-0.2, -0.15) is 0 Å². The number of hydrogen-bond donors (Lipinski definition) is 2. The summed E-state index contributed by atoms with van der Waals surface area (Å²) >= 11 is 0. The molecule has 1 aliphatic heterocycles. The van der Waals surface area contributed by atoms with E-state index in [1.165, 1.54) is 6.42 Å². The van der Waals surface area contributed by atoms with Gasteiger partial charge in [-0.3, -0.25) is 14.9 Å². The summed E-state index contributed by atoms with van der Waals surface area (Å²) in [7, 11) is 0. The molecule has 1 heterocycles. The maximum Gasteiger partial charge on any atom is 0.410 e. The summed E-state index contributed by atoms with van der Waals surface area (Å²) in [5.74, 6) is -0.0572. The summed E-state index contributed by atoms with van der Waals surface area (Å²) in [5, 5.41) is 8.75. The summed E-state index contributed by atoms with van der Waals surface area (Å²) in [5.41, 5.74) is 2.71. The molecule has 7 heteroatoms. The first-order valence-corrected chi connectivity index (χ1v) is 8.76. The van der Waals surface area contributed by atoms with Gasteiger partial charge in [-0.1, -0.05) is 12.5 Å². The van der Waals surface area contributed by atoms with Crippen LogP contribution in [0.3, 0.4) is 0 Å². The highest BCUT2D eigenvalue weighted by Crippen LogP contribution is 2.28. The van der Waals surface area contributed by atoms with Crippen molar-refractivity contribution in [2.45, 2.75) is 57.7 Å². The molecule has 2 aliphatic rings. The Kier molecular flexibility index (Phi) is 5.43. The van der Waals surface area contributed by atoms with Crippen LogP contribution in [-0.2, 0) is 11.3 Å². The van der Waals surface area contributed by atoms with Gasteiger partial charge in [-0.05, 0) is 44.7 Å². The SMILES string of the molecule is C[C@H]1COc2cc(C(=O)NO)ccc2CN1C(=O)OC1CCCCC1. The molecule has 1 aromatic carbocycles. The predicted molar refractivity (Wildman–Crippen MR) is 89.5 cm³/mol. The van der Waals surface area contributed by atoms with Crippen LogP contribution in [0.5, 0.6) is 5.75 Å². The second-order valence-corrected chi connectivity index (χ2v) is 6.70. The maximum atomic E-state index is 12.6. The number of benzene rings is 1. The minimum Gasteiger partial charge on any atom is -0.491 e. The number of fused-ring (bicyclic) bond motifs is 1. The first-order chi connectivity index (χ1) is 12.1. The molecule has 136 valence electrons. The standard InChI is InChI=1S/C18H24N2O5/c1-12-11-24-16-9-13(17(21)19-23)7-8-14(16)10-20(12)18(22)25-15-5-3-2-4-6-15/h7-9,12,15,23H,2-6,10-11H2,1H3,(H,19,21)/t12-/m0/s1. The Labute approximate surface area is 146 Å². The van der Waals surface area contributed by atoms with Gasteiger partial charge in [0.25, 0.3) is 5.91 Å². The Morgan fingerprint density at radius 1 is 1.28 bits per heavy atom. The summed E-state index contributed by atoms with van der Waals surface area (Å²) in [6.45, 7) is 2.59. The molecule has 7 nitrogen and oxygen atoms in total. The van der Waals surface area contributed by atoms with Gasteiger partial charge in [0, 0.05) is 11.1 Å². The van der Waals surface area contributed by atoms with Crippen LogP contribution in [0, 0.1) is 0 Å². The van der Waals surface area contributed by atoms with Crippen molar-refractivity contribution in [2.75, 3.05) is 6.61 Å². The predicted octanol–water partition coefficient (Wildman–Crippen LogP) is 2.86. The van der Waals surface area contributed by atoms with Crippen molar-refractivity contribution < 1.29 is 24.3 Å². The number of ether oxygens (including phenoxy) is 2. The summed E-state index contributed by atoms with van der Waals surface area (Å²) in [4.78, 5) is 25.8. The van der Waals surface area contributed by atoms with E-state index in [1.54, 1.807) is 28.6 Å². The highest BCUT2D eigenvalue weighted by Gasteiger charge is 2.29. The number of carbonyl (C=O) groups is 2. The lowest BCUT2D eigenvalue weighted by molar-refractivity contribution is 0.0323. The van der Waals surface area contributed by atoms with Gasteiger partial charge in [0.05, 0.1) is 12.6 Å². The van der Waals surface area contributed by atoms with E-state index in [9.17, 15) is 9.59 Å². The van der Waals surface area contributed by atoms with Gasteiger partial charge < -0.3 is 9.47 Å². The smallest absolute Gasteiger partial charge is 0.410 e. The zero-order chi connectivity index (χ0) is 17.8. The van der Waals surface area contributed by atoms with Crippen LogP contribution in [0.15, 0.2) is 18.2 Å². The van der Waals surface area contributed by atoms with Crippen LogP contribution in [0.25, 0.3) is 0 Å². The van der Waals surface area contributed by atoms with E-state index in [4.69, 9.17) is 14.7 Å². The average molecular weight is 348 g/mol. The van der Waals surface area contributed by atoms with E-state index in [-0.39, 0.29) is 18.2 Å². The van der Waals surface area contributed by atoms with Crippen molar-refractivity contribution in [1.29, 1.82) is 0 Å². The molecule has 0 unspecified atom stereocenters. The molecule has 1 saturated carbocycles. The van der Waals surface area contributed by atoms with Gasteiger partial charge in [-0.15, -0.1) is 0 Å². The first-order valence-electron chi connectivity index (χ1n) is 8.76. The lowest BCUT2D eigenvalue weighted by Gasteiger charge is -2.29. The molecule has 0 saturated heterocycles. The van der Waals surface area contributed by atoms with Crippen LogP contribution in [0.4, 0.5) is 4.79 Å². The van der Waals surface area contributed by atoms with E-state index >= 15 is 0 Å². The fraction of sp³-hybridized carbons (Fsp3) is 0.556. The van der Waals surface area contributed by atoms with Gasteiger partial charge in [0.2, 0.25) is 0 Å². The molecule has 2 amide bonds. The van der Waals surface area contributed by atoms with Crippen molar-refractivity contribution in [1.82, 2.24) is 10.4 Å². The van der Waals surface area contributed by atoms with Crippen LogP contribution in [-0.4, -0.2) is 40.9 Å². The van der Waals surface area contributed by atoms with E-state index in [0.29, 0.717) is 24.5 Å². The number of hydroxylamine groups is 1. The largest absolute Gasteiger partial charge is 0.491 e. The Balaban J connectivity index is 1.73. The molecule has 0 aromatic heterocycles. The monoisotopic (exact) mass is 348 g/mol. The fourth-order valence-electron chi connectivity index (χ4n) is 3.30.